The zero-order valence-corrected chi connectivity index (χ0v) is 20.6. The zero-order chi connectivity index (χ0) is 24.6. The van der Waals surface area contributed by atoms with Gasteiger partial charge in [-0.3, -0.25) is 9.52 Å². The summed E-state index contributed by atoms with van der Waals surface area (Å²) in [4.78, 5) is 21.2. The van der Waals surface area contributed by atoms with Crippen LogP contribution in [0, 0.1) is 5.82 Å². The minimum atomic E-state index is -3.70. The number of piperazine rings is 1. The molecule has 0 unspecified atom stereocenters. The summed E-state index contributed by atoms with van der Waals surface area (Å²) in [5.41, 5.74) is 1.59. The molecule has 1 atom stereocenters. The lowest BCUT2D eigenvalue weighted by Crippen LogP contribution is -2.50. The first-order chi connectivity index (χ1) is 16.8. The van der Waals surface area contributed by atoms with Crippen LogP contribution in [-0.2, 0) is 14.8 Å². The van der Waals surface area contributed by atoms with Crippen LogP contribution in [0.3, 0.4) is 0 Å². The van der Waals surface area contributed by atoms with E-state index in [-0.39, 0.29) is 18.0 Å². The van der Waals surface area contributed by atoms with E-state index in [0.717, 1.165) is 5.69 Å². The highest BCUT2D eigenvalue weighted by atomic mass is 32.2. The molecule has 1 saturated heterocycles. The van der Waals surface area contributed by atoms with E-state index in [0.29, 0.717) is 42.2 Å². The summed E-state index contributed by atoms with van der Waals surface area (Å²) in [6.07, 6.45) is 3.29. The monoisotopic (exact) mass is 515 g/mol. The third-order valence-corrected chi connectivity index (χ3v) is 8.41. The number of thiazole rings is 1. The van der Waals surface area contributed by atoms with Gasteiger partial charge in [-0.2, -0.15) is 0 Å². The van der Waals surface area contributed by atoms with Crippen molar-refractivity contribution < 1.29 is 19.0 Å². The summed E-state index contributed by atoms with van der Waals surface area (Å²) < 4.78 is 43.4. The number of carbonyl (C=O) groups is 1. The van der Waals surface area contributed by atoms with Gasteiger partial charge in [0.15, 0.2) is 5.13 Å². The predicted molar refractivity (Wildman–Crippen MR) is 137 cm³/mol. The maximum absolute atomic E-state index is 14.0. The summed E-state index contributed by atoms with van der Waals surface area (Å²) in [6.45, 7) is 4.18. The van der Waals surface area contributed by atoms with E-state index in [9.17, 15) is 17.6 Å². The summed E-state index contributed by atoms with van der Waals surface area (Å²) in [6, 6.07) is 12.8. The molecule has 4 aromatic rings. The number of carbonyl (C=O) groups excluding carboxylic acids is 1. The van der Waals surface area contributed by atoms with Crippen LogP contribution < -0.4 is 9.62 Å². The Morgan fingerprint density at radius 2 is 1.86 bits per heavy atom. The number of hydrogen-bond acceptors (Lipinski definition) is 6. The lowest BCUT2D eigenvalue weighted by atomic mass is 10.2. The second-order valence-electron chi connectivity index (χ2n) is 8.32. The second-order valence-corrected chi connectivity index (χ2v) is 10.9. The predicted octanol–water partition coefficient (Wildman–Crippen LogP) is 4.19. The van der Waals surface area contributed by atoms with E-state index in [2.05, 4.69) is 14.6 Å². The van der Waals surface area contributed by atoms with Crippen molar-refractivity contribution in [1.82, 2.24) is 14.5 Å². The van der Waals surface area contributed by atoms with E-state index in [1.165, 1.54) is 23.6 Å². The van der Waals surface area contributed by atoms with Gasteiger partial charge in [-0.25, -0.2) is 17.8 Å². The van der Waals surface area contributed by atoms with Crippen LogP contribution in [-0.4, -0.2) is 55.0 Å². The number of anilines is 2. The van der Waals surface area contributed by atoms with Gasteiger partial charge in [-0.15, -0.1) is 11.3 Å². The third kappa shape index (κ3) is 4.61. The van der Waals surface area contributed by atoms with Crippen molar-refractivity contribution in [2.45, 2.75) is 17.9 Å². The molecule has 8 nitrogen and oxygen atoms in total. The highest BCUT2D eigenvalue weighted by Crippen LogP contribution is 2.25. The first-order valence-corrected chi connectivity index (χ1v) is 13.5. The maximum atomic E-state index is 14.0. The molecular weight excluding hydrogens is 489 g/mol. The molecule has 0 radical (unpaired) electrons. The first-order valence-electron chi connectivity index (χ1n) is 11.1. The molecule has 1 aliphatic heterocycles. The van der Waals surface area contributed by atoms with Crippen LogP contribution >= 0.6 is 11.3 Å². The fourth-order valence-corrected chi connectivity index (χ4v) is 6.13. The molecule has 184 valence electrons. The van der Waals surface area contributed by atoms with Crippen LogP contribution in [0.1, 0.15) is 14.4 Å². The Labute approximate surface area is 208 Å². The van der Waals surface area contributed by atoms with Gasteiger partial charge in [0, 0.05) is 56.5 Å². The number of aromatic nitrogens is 2. The van der Waals surface area contributed by atoms with Crippen molar-refractivity contribution in [1.29, 1.82) is 0 Å². The van der Waals surface area contributed by atoms with Crippen molar-refractivity contribution in [3.8, 4) is 0 Å². The van der Waals surface area contributed by atoms with Crippen molar-refractivity contribution in [2.24, 2.45) is 0 Å². The van der Waals surface area contributed by atoms with E-state index in [4.69, 9.17) is 0 Å². The fraction of sp³-hybridized carbons (Fsp3) is 0.250. The third-order valence-electron chi connectivity index (χ3n) is 6.24. The largest absolute Gasteiger partial charge is 0.368 e. The summed E-state index contributed by atoms with van der Waals surface area (Å²) >= 11 is 1.21. The van der Waals surface area contributed by atoms with E-state index >= 15 is 0 Å². The molecule has 1 amide bonds. The van der Waals surface area contributed by atoms with Crippen LogP contribution in [0.25, 0.3) is 10.9 Å². The number of benzene rings is 2. The number of nitrogens with one attached hydrogen (secondary N) is 1. The number of amides is 1. The summed E-state index contributed by atoms with van der Waals surface area (Å²) in [5.74, 6) is -0.312. The molecule has 0 bridgehead atoms. The van der Waals surface area contributed by atoms with Crippen LogP contribution in [0.4, 0.5) is 15.2 Å². The van der Waals surface area contributed by atoms with Crippen LogP contribution in [0.2, 0.25) is 0 Å². The Bertz CT molecular complexity index is 1450. The molecular formula is C24H26FN5O3S2. The number of sulfonamides is 1. The minimum Gasteiger partial charge on any atom is -0.368 e. The molecule has 0 spiro atoms. The van der Waals surface area contributed by atoms with Gasteiger partial charge in [0.05, 0.1) is 10.4 Å². The topological polar surface area (TPSA) is 87.5 Å². The Morgan fingerprint density at radius 3 is 2.54 bits per heavy atom. The van der Waals surface area contributed by atoms with Crippen molar-refractivity contribution in [3.63, 3.8) is 0 Å². The average molecular weight is 516 g/mol. The number of nitrogens with zero attached hydrogens (tertiary/aromatic N) is 4. The van der Waals surface area contributed by atoms with Crippen LogP contribution in [0.5, 0.6) is 0 Å². The van der Waals surface area contributed by atoms with E-state index in [1.54, 1.807) is 48.0 Å². The van der Waals surface area contributed by atoms with Crippen molar-refractivity contribution in [3.05, 3.63) is 72.1 Å². The Balaban J connectivity index is 0.00000304. The van der Waals surface area contributed by atoms with E-state index < -0.39 is 16.1 Å². The van der Waals surface area contributed by atoms with Crippen molar-refractivity contribution >= 4 is 49.0 Å². The second kappa shape index (κ2) is 9.31. The summed E-state index contributed by atoms with van der Waals surface area (Å²) in [5, 5.41) is 2.53. The number of rotatable bonds is 6. The molecule has 1 fully saturated rings. The van der Waals surface area contributed by atoms with Crippen LogP contribution in [0.15, 0.2) is 71.2 Å². The molecule has 0 aliphatic carbocycles. The standard InChI is InChI=1S/C24H24FN5O3S2.H2/c1-17(30-11-9-20-21(25)3-2-4-22(20)30)23(31)29-14-12-28(13-15-29)18-5-7-19(8-6-18)35(32,33)27-24-26-10-16-34-24;/h2-11,16-17H,12-15H2,1H3,(H,26,27);1H/t17-;/m1./s1. The highest BCUT2D eigenvalue weighted by Gasteiger charge is 2.27. The zero-order valence-electron chi connectivity index (χ0n) is 19.0. The minimum absolute atomic E-state index is 0. The quantitative estimate of drug-likeness (QED) is 0.416. The molecule has 1 N–H and O–H groups in total. The Hall–Kier alpha value is -3.44. The van der Waals surface area contributed by atoms with Gasteiger partial charge in [-0.05, 0) is 49.4 Å². The molecule has 11 heteroatoms. The highest BCUT2D eigenvalue weighted by molar-refractivity contribution is 7.93. The normalized spacial score (nSPS) is 15.4. The van der Waals surface area contributed by atoms with Gasteiger partial charge < -0.3 is 14.4 Å². The van der Waals surface area contributed by atoms with Gasteiger partial charge >= 0.3 is 0 Å². The van der Waals surface area contributed by atoms with Crippen molar-refractivity contribution in [2.75, 3.05) is 35.8 Å². The molecule has 1 aliphatic rings. The number of fused-ring (bicyclic) bond motifs is 1. The van der Waals surface area contributed by atoms with Gasteiger partial charge in [0.25, 0.3) is 10.0 Å². The average Bonchev–Trinajstić information content (AvgIpc) is 3.54. The Morgan fingerprint density at radius 1 is 1.11 bits per heavy atom. The molecule has 2 aromatic heterocycles. The first kappa shape index (κ1) is 23.3. The molecule has 0 saturated carbocycles. The lowest BCUT2D eigenvalue weighted by molar-refractivity contribution is -0.134. The van der Waals surface area contributed by atoms with E-state index in [1.807, 2.05) is 22.5 Å². The molecule has 2 aromatic carbocycles. The van der Waals surface area contributed by atoms with Gasteiger partial charge in [-0.1, -0.05) is 6.07 Å². The number of hydrogen-bond donors (Lipinski definition) is 1. The molecule has 3 heterocycles. The number of halogens is 1. The van der Waals surface area contributed by atoms with Gasteiger partial charge in [0.2, 0.25) is 5.91 Å². The summed E-state index contributed by atoms with van der Waals surface area (Å²) in [7, 11) is -3.70. The fourth-order valence-electron chi connectivity index (χ4n) is 4.34. The SMILES string of the molecule is C[C@H](C(=O)N1CCN(c2ccc(S(=O)(=O)Nc3nccs3)cc2)CC1)n1ccc2c(F)cccc21.[HH]. The lowest BCUT2D eigenvalue weighted by Gasteiger charge is -2.37. The Kier molecular flexibility index (Phi) is 6.20. The smallest absolute Gasteiger partial charge is 0.263 e. The maximum Gasteiger partial charge on any atom is 0.263 e. The van der Waals surface area contributed by atoms with Gasteiger partial charge in [0.1, 0.15) is 11.9 Å². The molecule has 35 heavy (non-hydrogen) atoms. The molecule has 5 rings (SSSR count).